The summed E-state index contributed by atoms with van der Waals surface area (Å²) in [5.41, 5.74) is 4.54. The van der Waals surface area contributed by atoms with Crippen LogP contribution in [0.5, 0.6) is 0 Å². The number of rotatable bonds is 6. The normalized spacial score (nSPS) is 11.3. The molecule has 0 heterocycles. The Hall–Kier alpha value is -3.33. The number of halogens is 4. The van der Waals surface area contributed by atoms with Crippen molar-refractivity contribution in [3.8, 4) is 0 Å². The highest BCUT2D eigenvalue weighted by Gasteiger charge is 2.33. The number of hydrogen-bond acceptors (Lipinski definition) is 3. The molecule has 0 fully saturated rings. The third-order valence-corrected chi connectivity index (χ3v) is 3.87. The minimum atomic E-state index is -4.61. The molecule has 0 aliphatic carbocycles. The molecule has 29 heavy (non-hydrogen) atoms. The van der Waals surface area contributed by atoms with Gasteiger partial charge in [-0.25, -0.2) is 0 Å². The van der Waals surface area contributed by atoms with E-state index >= 15 is 0 Å². The van der Waals surface area contributed by atoms with Crippen LogP contribution in [-0.4, -0.2) is 24.3 Å². The van der Waals surface area contributed by atoms with E-state index in [1.807, 2.05) is 0 Å². The van der Waals surface area contributed by atoms with Crippen LogP contribution in [0.25, 0.3) is 6.08 Å². The molecule has 0 radical (unpaired) electrons. The molecule has 0 saturated carbocycles. The molecule has 0 aromatic heterocycles. The van der Waals surface area contributed by atoms with E-state index in [0.717, 1.165) is 18.2 Å². The standard InChI is InChI=1S/C19H15ClF3N3O3/c20-15-6-4-11(8-14(15)19(21,22)23)5-7-17(28)26-13-3-1-2-12(9-13)18(29)25-10-16(24)27/h1-9H,10H2,(H2,24,27)(H,25,29)(H,26,28). The number of nitrogens with two attached hydrogens (primary N) is 1. The van der Waals surface area contributed by atoms with Crippen molar-refractivity contribution in [1.29, 1.82) is 0 Å². The molecule has 0 unspecified atom stereocenters. The molecule has 0 saturated heterocycles. The van der Waals surface area contributed by atoms with Crippen LogP contribution in [-0.2, 0) is 15.8 Å². The SMILES string of the molecule is NC(=O)CNC(=O)c1cccc(NC(=O)C=Cc2ccc(Cl)c(C(F)(F)F)c2)c1. The topological polar surface area (TPSA) is 101 Å². The van der Waals surface area contributed by atoms with Crippen LogP contribution in [0.1, 0.15) is 21.5 Å². The van der Waals surface area contributed by atoms with E-state index < -0.39 is 34.5 Å². The lowest BCUT2D eigenvalue weighted by molar-refractivity contribution is -0.137. The Kier molecular flexibility index (Phi) is 7.00. The summed E-state index contributed by atoms with van der Waals surface area (Å²) in [6, 6.07) is 9.12. The van der Waals surface area contributed by atoms with Gasteiger partial charge < -0.3 is 16.4 Å². The fourth-order valence-electron chi connectivity index (χ4n) is 2.23. The molecule has 6 nitrogen and oxygen atoms in total. The predicted octanol–water partition coefficient (Wildman–Crippen LogP) is 3.23. The summed E-state index contributed by atoms with van der Waals surface area (Å²) in [5.74, 6) is -1.89. The first-order chi connectivity index (χ1) is 13.6. The Labute approximate surface area is 168 Å². The van der Waals surface area contributed by atoms with E-state index in [1.165, 1.54) is 36.4 Å². The molecule has 0 aliphatic heterocycles. The summed E-state index contributed by atoms with van der Waals surface area (Å²) >= 11 is 5.55. The number of carbonyl (C=O) groups excluding carboxylic acids is 3. The van der Waals surface area contributed by atoms with E-state index in [4.69, 9.17) is 17.3 Å². The Morgan fingerprint density at radius 3 is 2.48 bits per heavy atom. The second-order valence-corrected chi connectivity index (χ2v) is 6.20. The van der Waals surface area contributed by atoms with E-state index in [2.05, 4.69) is 10.6 Å². The van der Waals surface area contributed by atoms with Crippen molar-refractivity contribution in [3.05, 3.63) is 70.3 Å². The molecular weight excluding hydrogens is 411 g/mol. The first kappa shape index (κ1) is 22.0. The maximum atomic E-state index is 12.9. The molecule has 3 amide bonds. The van der Waals surface area contributed by atoms with Crippen molar-refractivity contribution in [2.24, 2.45) is 5.73 Å². The zero-order valence-corrected chi connectivity index (χ0v) is 15.5. The number of hydrogen-bond donors (Lipinski definition) is 3. The Bertz CT molecular complexity index is 975. The van der Waals surface area contributed by atoms with Crippen molar-refractivity contribution in [1.82, 2.24) is 5.32 Å². The van der Waals surface area contributed by atoms with Gasteiger partial charge in [0.05, 0.1) is 17.1 Å². The lowest BCUT2D eigenvalue weighted by Gasteiger charge is -2.09. The van der Waals surface area contributed by atoms with Crippen LogP contribution in [0.15, 0.2) is 48.5 Å². The van der Waals surface area contributed by atoms with Gasteiger partial charge in [0.2, 0.25) is 11.8 Å². The van der Waals surface area contributed by atoms with Gasteiger partial charge in [0, 0.05) is 17.3 Å². The van der Waals surface area contributed by atoms with E-state index in [9.17, 15) is 27.6 Å². The third kappa shape index (κ3) is 6.65. The lowest BCUT2D eigenvalue weighted by Crippen LogP contribution is -2.33. The van der Waals surface area contributed by atoms with Crippen molar-refractivity contribution in [3.63, 3.8) is 0 Å². The molecule has 4 N–H and O–H groups in total. The summed E-state index contributed by atoms with van der Waals surface area (Å²) in [4.78, 5) is 34.6. The monoisotopic (exact) mass is 425 g/mol. The van der Waals surface area contributed by atoms with Crippen LogP contribution < -0.4 is 16.4 Å². The molecule has 0 atom stereocenters. The second-order valence-electron chi connectivity index (χ2n) is 5.79. The molecular formula is C19H15ClF3N3O3. The maximum absolute atomic E-state index is 12.9. The van der Waals surface area contributed by atoms with E-state index in [-0.39, 0.29) is 23.4 Å². The Balaban J connectivity index is 2.07. The smallest absolute Gasteiger partial charge is 0.368 e. The van der Waals surface area contributed by atoms with E-state index in [0.29, 0.717) is 0 Å². The number of primary amides is 1. The van der Waals surface area contributed by atoms with Gasteiger partial charge in [0.25, 0.3) is 5.91 Å². The molecule has 2 aromatic carbocycles. The van der Waals surface area contributed by atoms with Gasteiger partial charge in [-0.2, -0.15) is 13.2 Å². The number of carbonyl (C=O) groups is 3. The molecule has 0 aliphatic rings. The zero-order chi connectivity index (χ0) is 21.6. The number of benzene rings is 2. The number of alkyl halides is 3. The van der Waals surface area contributed by atoms with Crippen molar-refractivity contribution < 1.29 is 27.6 Å². The predicted molar refractivity (Wildman–Crippen MR) is 102 cm³/mol. The number of amides is 3. The fraction of sp³-hybridized carbons (Fsp3) is 0.105. The lowest BCUT2D eigenvalue weighted by atomic mass is 10.1. The van der Waals surface area contributed by atoms with Crippen LogP contribution in [0.4, 0.5) is 18.9 Å². The van der Waals surface area contributed by atoms with Gasteiger partial charge >= 0.3 is 6.18 Å². The van der Waals surface area contributed by atoms with Crippen molar-refractivity contribution >= 4 is 41.1 Å². The molecule has 10 heteroatoms. The maximum Gasteiger partial charge on any atom is 0.417 e. The summed E-state index contributed by atoms with van der Waals surface area (Å²) in [7, 11) is 0. The first-order valence-electron chi connectivity index (χ1n) is 8.08. The van der Waals surface area contributed by atoms with Gasteiger partial charge in [0.1, 0.15) is 0 Å². The highest BCUT2D eigenvalue weighted by Crippen LogP contribution is 2.35. The fourth-order valence-corrected chi connectivity index (χ4v) is 2.45. The van der Waals surface area contributed by atoms with Gasteiger partial charge in [-0.1, -0.05) is 23.7 Å². The minimum absolute atomic E-state index is 0.136. The molecule has 2 rings (SSSR count). The average Bonchev–Trinajstić information content (AvgIpc) is 2.64. The van der Waals surface area contributed by atoms with Crippen LogP contribution in [0, 0.1) is 0 Å². The second kappa shape index (κ2) is 9.24. The minimum Gasteiger partial charge on any atom is -0.368 e. The molecule has 2 aromatic rings. The third-order valence-electron chi connectivity index (χ3n) is 3.54. The first-order valence-corrected chi connectivity index (χ1v) is 8.46. The Morgan fingerprint density at radius 1 is 1.10 bits per heavy atom. The largest absolute Gasteiger partial charge is 0.417 e. The molecule has 0 bridgehead atoms. The highest BCUT2D eigenvalue weighted by molar-refractivity contribution is 6.31. The van der Waals surface area contributed by atoms with Crippen molar-refractivity contribution in [2.75, 3.05) is 11.9 Å². The highest BCUT2D eigenvalue weighted by atomic mass is 35.5. The molecule has 0 spiro atoms. The van der Waals surface area contributed by atoms with Crippen LogP contribution in [0.3, 0.4) is 0 Å². The number of anilines is 1. The summed E-state index contributed by atoms with van der Waals surface area (Å²) in [6.45, 7) is -0.334. The summed E-state index contributed by atoms with van der Waals surface area (Å²) in [5, 5.41) is 4.35. The molecule has 152 valence electrons. The van der Waals surface area contributed by atoms with E-state index in [1.54, 1.807) is 0 Å². The van der Waals surface area contributed by atoms with Crippen LogP contribution >= 0.6 is 11.6 Å². The number of nitrogens with one attached hydrogen (secondary N) is 2. The zero-order valence-electron chi connectivity index (χ0n) is 14.7. The van der Waals surface area contributed by atoms with Gasteiger partial charge in [-0.3, -0.25) is 14.4 Å². The van der Waals surface area contributed by atoms with Crippen molar-refractivity contribution in [2.45, 2.75) is 6.18 Å². The average molecular weight is 426 g/mol. The summed E-state index contributed by atoms with van der Waals surface area (Å²) in [6.07, 6.45) is -2.37. The van der Waals surface area contributed by atoms with Crippen LogP contribution in [0.2, 0.25) is 5.02 Å². The quantitative estimate of drug-likeness (QED) is 0.619. The van der Waals surface area contributed by atoms with Gasteiger partial charge in [-0.05, 0) is 42.0 Å². The van der Waals surface area contributed by atoms with Gasteiger partial charge in [-0.15, -0.1) is 0 Å². The Morgan fingerprint density at radius 2 is 1.83 bits per heavy atom. The van der Waals surface area contributed by atoms with Gasteiger partial charge in [0.15, 0.2) is 0 Å². The summed E-state index contributed by atoms with van der Waals surface area (Å²) < 4.78 is 38.6.